The molecule has 0 saturated heterocycles. The topological polar surface area (TPSA) is 70.0 Å². The molecule has 1 aromatic rings. The van der Waals surface area contributed by atoms with Gasteiger partial charge in [0.15, 0.2) is 11.7 Å². The number of hydrogen-bond donors (Lipinski definition) is 1. The molecule has 0 bridgehead atoms. The van der Waals surface area contributed by atoms with Gasteiger partial charge in [0.1, 0.15) is 0 Å². The lowest BCUT2D eigenvalue weighted by Crippen LogP contribution is -2.29. The Hall–Kier alpha value is -2.15. The molecule has 0 aromatic heterocycles. The smallest absolute Gasteiger partial charge is 0.249 e. The van der Waals surface area contributed by atoms with E-state index in [4.69, 9.17) is 5.26 Å². The van der Waals surface area contributed by atoms with Gasteiger partial charge in [-0.15, -0.1) is 0 Å². The molecule has 2 rings (SSSR count). The predicted molar refractivity (Wildman–Crippen MR) is 66.6 cm³/mol. The molecule has 1 saturated carbocycles. The molecular formula is C14H14N2O2. The van der Waals surface area contributed by atoms with Crippen molar-refractivity contribution in [1.82, 2.24) is 0 Å². The number of aryl methyl sites for hydroxylation is 1. The number of carbonyl (C=O) groups is 2. The molecule has 1 unspecified atom stereocenters. The van der Waals surface area contributed by atoms with Gasteiger partial charge in [0.2, 0.25) is 5.91 Å². The zero-order valence-corrected chi connectivity index (χ0v) is 10.1. The van der Waals surface area contributed by atoms with Crippen molar-refractivity contribution in [2.24, 2.45) is 11.8 Å². The van der Waals surface area contributed by atoms with E-state index in [0.29, 0.717) is 5.69 Å². The first-order chi connectivity index (χ1) is 8.61. The van der Waals surface area contributed by atoms with Crippen LogP contribution in [0, 0.1) is 30.1 Å². The van der Waals surface area contributed by atoms with Crippen LogP contribution in [0.2, 0.25) is 0 Å². The first-order valence-electron chi connectivity index (χ1n) is 5.92. The zero-order valence-electron chi connectivity index (χ0n) is 10.1. The monoisotopic (exact) mass is 242 g/mol. The molecule has 1 atom stereocenters. The second kappa shape index (κ2) is 5.01. The highest BCUT2D eigenvalue weighted by Crippen LogP contribution is 2.32. The lowest BCUT2D eigenvalue weighted by atomic mass is 10.0. The Labute approximate surface area is 106 Å². The van der Waals surface area contributed by atoms with Gasteiger partial charge in [-0.3, -0.25) is 9.59 Å². The highest BCUT2D eigenvalue weighted by molar-refractivity contribution is 6.10. The van der Waals surface area contributed by atoms with Gasteiger partial charge < -0.3 is 5.32 Å². The Morgan fingerprint density at radius 1 is 1.33 bits per heavy atom. The maximum Gasteiger partial charge on any atom is 0.249 e. The molecule has 1 amide bonds. The van der Waals surface area contributed by atoms with E-state index in [9.17, 15) is 9.59 Å². The summed E-state index contributed by atoms with van der Waals surface area (Å²) in [5, 5.41) is 11.5. The minimum Gasteiger partial charge on any atom is -0.325 e. The summed E-state index contributed by atoms with van der Waals surface area (Å²) < 4.78 is 0. The van der Waals surface area contributed by atoms with Crippen molar-refractivity contribution >= 4 is 17.4 Å². The van der Waals surface area contributed by atoms with Crippen LogP contribution in [-0.2, 0) is 9.59 Å². The summed E-state index contributed by atoms with van der Waals surface area (Å²) in [6, 6.07) is 9.02. The van der Waals surface area contributed by atoms with Crippen LogP contribution in [0.1, 0.15) is 18.4 Å². The number of carbonyl (C=O) groups excluding carboxylic acids is 2. The number of Topliss-reactive ketones (excluding diaryl/α,β-unsaturated/α-hetero) is 1. The number of ketones is 1. The van der Waals surface area contributed by atoms with Gasteiger partial charge in [0, 0.05) is 11.6 Å². The fraction of sp³-hybridized carbons (Fsp3) is 0.357. The second-order valence-corrected chi connectivity index (χ2v) is 4.59. The van der Waals surface area contributed by atoms with E-state index in [1.165, 1.54) is 0 Å². The maximum absolute atomic E-state index is 11.8. The molecular weight excluding hydrogens is 228 g/mol. The van der Waals surface area contributed by atoms with Gasteiger partial charge in [0.25, 0.3) is 0 Å². The number of hydrogen-bond acceptors (Lipinski definition) is 3. The lowest BCUT2D eigenvalue weighted by Gasteiger charge is -2.09. The van der Waals surface area contributed by atoms with Gasteiger partial charge in [-0.2, -0.15) is 5.26 Å². The van der Waals surface area contributed by atoms with Gasteiger partial charge in [-0.05, 0) is 31.9 Å². The minimum absolute atomic E-state index is 0.0848. The number of rotatable bonds is 4. The lowest BCUT2D eigenvalue weighted by molar-refractivity contribution is -0.129. The summed E-state index contributed by atoms with van der Waals surface area (Å²) in [6.45, 7) is 1.94. The van der Waals surface area contributed by atoms with Crippen molar-refractivity contribution in [3.05, 3.63) is 29.8 Å². The van der Waals surface area contributed by atoms with E-state index >= 15 is 0 Å². The first-order valence-corrected chi connectivity index (χ1v) is 5.92. The van der Waals surface area contributed by atoms with Crippen LogP contribution >= 0.6 is 0 Å². The first kappa shape index (κ1) is 12.3. The molecule has 1 fully saturated rings. The average Bonchev–Trinajstić information content (AvgIpc) is 3.17. The molecule has 0 aliphatic heterocycles. The van der Waals surface area contributed by atoms with E-state index in [0.717, 1.165) is 18.4 Å². The molecule has 4 nitrogen and oxygen atoms in total. The van der Waals surface area contributed by atoms with E-state index in [1.807, 2.05) is 19.1 Å². The SMILES string of the molecule is Cc1ccc(NC(=O)C(C#N)C(=O)C2CC2)cc1. The number of amides is 1. The Balaban J connectivity index is 2.03. The van der Waals surface area contributed by atoms with Crippen molar-refractivity contribution < 1.29 is 9.59 Å². The molecule has 1 aromatic carbocycles. The molecule has 0 heterocycles. The van der Waals surface area contributed by atoms with Crippen LogP contribution in [0.5, 0.6) is 0 Å². The number of anilines is 1. The third-order valence-electron chi connectivity index (χ3n) is 2.97. The van der Waals surface area contributed by atoms with Crippen LogP contribution in [0.4, 0.5) is 5.69 Å². The summed E-state index contributed by atoms with van der Waals surface area (Å²) in [5.41, 5.74) is 1.69. The molecule has 92 valence electrons. The number of nitrogens with zero attached hydrogens (tertiary/aromatic N) is 1. The van der Waals surface area contributed by atoms with Crippen molar-refractivity contribution in [3.8, 4) is 6.07 Å². The third-order valence-corrected chi connectivity index (χ3v) is 2.97. The van der Waals surface area contributed by atoms with Crippen LogP contribution in [0.25, 0.3) is 0 Å². The van der Waals surface area contributed by atoms with Crippen molar-refractivity contribution in [2.45, 2.75) is 19.8 Å². The Kier molecular flexibility index (Phi) is 3.42. The van der Waals surface area contributed by atoms with Crippen LogP contribution in [0.15, 0.2) is 24.3 Å². The van der Waals surface area contributed by atoms with Gasteiger partial charge in [0.05, 0.1) is 6.07 Å². The minimum atomic E-state index is -1.18. The molecule has 4 heteroatoms. The van der Waals surface area contributed by atoms with Crippen molar-refractivity contribution in [3.63, 3.8) is 0 Å². The molecule has 1 N–H and O–H groups in total. The number of nitriles is 1. The Morgan fingerprint density at radius 2 is 1.94 bits per heavy atom. The number of benzene rings is 1. The summed E-state index contributed by atoms with van der Waals surface area (Å²) >= 11 is 0. The summed E-state index contributed by atoms with van der Waals surface area (Å²) in [6.07, 6.45) is 1.60. The van der Waals surface area contributed by atoms with Gasteiger partial charge >= 0.3 is 0 Å². The van der Waals surface area contributed by atoms with E-state index in [1.54, 1.807) is 18.2 Å². The van der Waals surface area contributed by atoms with Crippen molar-refractivity contribution in [1.29, 1.82) is 5.26 Å². The summed E-state index contributed by atoms with van der Waals surface area (Å²) in [4.78, 5) is 23.6. The van der Waals surface area contributed by atoms with Crippen molar-refractivity contribution in [2.75, 3.05) is 5.32 Å². The highest BCUT2D eigenvalue weighted by Gasteiger charge is 2.38. The van der Waals surface area contributed by atoms with Gasteiger partial charge in [-0.25, -0.2) is 0 Å². The number of nitrogens with one attached hydrogen (secondary N) is 1. The fourth-order valence-electron chi connectivity index (χ4n) is 1.71. The largest absolute Gasteiger partial charge is 0.325 e. The molecule has 0 radical (unpaired) electrons. The standard InChI is InChI=1S/C14H14N2O2/c1-9-2-6-11(7-3-9)16-14(18)12(8-15)13(17)10-4-5-10/h2-3,6-7,10,12H,4-5H2,1H3,(H,16,18). The second-order valence-electron chi connectivity index (χ2n) is 4.59. The molecule has 18 heavy (non-hydrogen) atoms. The third kappa shape index (κ3) is 2.75. The normalized spacial score (nSPS) is 15.6. The average molecular weight is 242 g/mol. The fourth-order valence-corrected chi connectivity index (χ4v) is 1.71. The summed E-state index contributed by atoms with van der Waals surface area (Å²) in [5.74, 6) is -2.04. The maximum atomic E-state index is 11.8. The summed E-state index contributed by atoms with van der Waals surface area (Å²) in [7, 11) is 0. The van der Waals surface area contributed by atoms with Crippen LogP contribution < -0.4 is 5.32 Å². The quantitative estimate of drug-likeness (QED) is 0.821. The Morgan fingerprint density at radius 3 is 2.44 bits per heavy atom. The predicted octanol–water partition coefficient (Wildman–Crippen LogP) is 2.05. The highest BCUT2D eigenvalue weighted by atomic mass is 16.2. The van der Waals surface area contributed by atoms with Crippen LogP contribution in [0.3, 0.4) is 0 Å². The molecule has 1 aliphatic rings. The van der Waals surface area contributed by atoms with E-state index in [-0.39, 0.29) is 11.7 Å². The van der Waals surface area contributed by atoms with E-state index in [2.05, 4.69) is 5.32 Å². The molecule has 0 spiro atoms. The Bertz CT molecular complexity index is 510. The molecule has 1 aliphatic carbocycles. The van der Waals surface area contributed by atoms with E-state index < -0.39 is 11.8 Å². The van der Waals surface area contributed by atoms with Crippen LogP contribution in [-0.4, -0.2) is 11.7 Å². The zero-order chi connectivity index (χ0) is 13.1. The van der Waals surface area contributed by atoms with Gasteiger partial charge in [-0.1, -0.05) is 17.7 Å².